The van der Waals surface area contributed by atoms with Crippen LogP contribution in [0.2, 0.25) is 0 Å². The summed E-state index contributed by atoms with van der Waals surface area (Å²) in [6.07, 6.45) is 22.4. The van der Waals surface area contributed by atoms with Gasteiger partial charge in [0, 0.05) is 54.5 Å². The summed E-state index contributed by atoms with van der Waals surface area (Å²) in [5.41, 5.74) is 8.04. The fourth-order valence-corrected chi connectivity index (χ4v) is 5.14. The van der Waals surface area contributed by atoms with Crippen LogP contribution in [0.1, 0.15) is 99.5 Å². The minimum Gasteiger partial charge on any atom is -1.00 e. The van der Waals surface area contributed by atoms with Crippen LogP contribution in [-0.4, -0.2) is 53.4 Å². The molecule has 0 atom stereocenters. The Morgan fingerprint density at radius 2 is 1.28 bits per heavy atom. The molecule has 43 heavy (non-hydrogen) atoms. The van der Waals surface area contributed by atoms with Crippen molar-refractivity contribution in [1.29, 1.82) is 0 Å². The van der Waals surface area contributed by atoms with E-state index in [1.807, 2.05) is 0 Å². The molecule has 1 fully saturated rings. The number of pyridine rings is 2. The molecule has 7 heteroatoms. The van der Waals surface area contributed by atoms with Crippen molar-refractivity contribution >= 4 is 15.9 Å². The molecule has 0 saturated carbocycles. The maximum absolute atomic E-state index is 8.72. The second kappa shape index (κ2) is 27.5. The molecular weight excluding hydrogens is 611 g/mol. The van der Waals surface area contributed by atoms with E-state index in [1.54, 1.807) is 12.2 Å². The third-order valence-electron chi connectivity index (χ3n) is 7.46. The molecule has 3 heterocycles. The summed E-state index contributed by atoms with van der Waals surface area (Å²) in [6.45, 7) is 10.9. The van der Waals surface area contributed by atoms with Crippen LogP contribution in [0, 0.1) is 0 Å². The van der Waals surface area contributed by atoms with Gasteiger partial charge in [0.25, 0.3) is 0 Å². The second-order valence-corrected chi connectivity index (χ2v) is 11.6. The first-order valence-electron chi connectivity index (χ1n) is 16.2. The molecule has 236 valence electrons. The average Bonchev–Trinajstić information content (AvgIpc) is 3.64. The Bertz CT molecular complexity index is 1000. The van der Waals surface area contributed by atoms with Gasteiger partial charge in [-0.15, -0.1) is 13.2 Å². The Morgan fingerprint density at radius 3 is 1.72 bits per heavy atom. The number of ether oxygens (including phenoxy) is 2. The summed E-state index contributed by atoms with van der Waals surface area (Å²) in [7, 11) is 0. The van der Waals surface area contributed by atoms with Crippen LogP contribution in [0.25, 0.3) is 0 Å². The predicted molar refractivity (Wildman–Crippen MR) is 181 cm³/mol. The fourth-order valence-electron chi connectivity index (χ4n) is 5.14. The third kappa shape index (κ3) is 18.6. The number of allylic oxidation sites excluding steroid dienone is 1. The van der Waals surface area contributed by atoms with E-state index in [0.29, 0.717) is 13.2 Å². The summed E-state index contributed by atoms with van der Waals surface area (Å²) < 4.78 is 10.3. The van der Waals surface area contributed by atoms with Crippen molar-refractivity contribution < 1.29 is 45.6 Å². The first kappa shape index (κ1) is 40.2. The Morgan fingerprint density at radius 1 is 0.767 bits per heavy atom. The van der Waals surface area contributed by atoms with Crippen LogP contribution in [0.5, 0.6) is 0 Å². The SMILES string of the molecule is C1CCOC1.C=CCBr.C=CCOCCCCc1ccc2c(n1)CCCC2.OCCCCc1ccc2c(n1)CCCC2.[H-].[Na+]. The number of fused-ring (bicyclic) bond motifs is 2. The number of halogens is 1. The molecule has 0 spiro atoms. The van der Waals surface area contributed by atoms with E-state index >= 15 is 0 Å². The molecule has 0 aromatic carbocycles. The normalized spacial score (nSPS) is 14.6. The van der Waals surface area contributed by atoms with E-state index in [4.69, 9.17) is 24.5 Å². The summed E-state index contributed by atoms with van der Waals surface area (Å²) >= 11 is 3.13. The minimum atomic E-state index is 0. The zero-order valence-electron chi connectivity index (χ0n) is 28.0. The van der Waals surface area contributed by atoms with Crippen LogP contribution < -0.4 is 29.6 Å². The van der Waals surface area contributed by atoms with E-state index in [0.717, 1.165) is 70.1 Å². The number of aliphatic hydroxyl groups is 1. The van der Waals surface area contributed by atoms with Gasteiger partial charge in [0.15, 0.2) is 0 Å². The van der Waals surface area contributed by atoms with Crippen molar-refractivity contribution in [2.75, 3.05) is 38.4 Å². The van der Waals surface area contributed by atoms with E-state index in [9.17, 15) is 0 Å². The van der Waals surface area contributed by atoms with Crippen molar-refractivity contribution in [1.82, 2.24) is 9.97 Å². The molecule has 5 nitrogen and oxygen atoms in total. The molecule has 5 rings (SSSR count). The maximum Gasteiger partial charge on any atom is 1.00 e. The second-order valence-electron chi connectivity index (χ2n) is 11.0. The average molecular weight is 668 g/mol. The number of aliphatic hydroxyl groups excluding tert-OH is 1. The molecule has 2 aromatic heterocycles. The molecule has 1 aliphatic heterocycles. The predicted octanol–water partition coefficient (Wildman–Crippen LogP) is 5.24. The monoisotopic (exact) mass is 666 g/mol. The van der Waals surface area contributed by atoms with Gasteiger partial charge >= 0.3 is 29.6 Å². The zero-order valence-corrected chi connectivity index (χ0v) is 30.6. The molecule has 0 unspecified atom stereocenters. The van der Waals surface area contributed by atoms with Gasteiger partial charge in [0.1, 0.15) is 0 Å². The van der Waals surface area contributed by atoms with Crippen molar-refractivity contribution in [2.24, 2.45) is 0 Å². The van der Waals surface area contributed by atoms with E-state index in [1.165, 1.54) is 91.7 Å². The number of rotatable bonds is 12. The first-order chi connectivity index (χ1) is 20.7. The molecule has 0 bridgehead atoms. The van der Waals surface area contributed by atoms with Crippen molar-refractivity contribution in [3.05, 3.63) is 83.5 Å². The van der Waals surface area contributed by atoms with Gasteiger partial charge in [0.2, 0.25) is 0 Å². The summed E-state index contributed by atoms with van der Waals surface area (Å²) in [5.74, 6) is 0. The van der Waals surface area contributed by atoms with Crippen LogP contribution in [0.15, 0.2) is 49.6 Å². The van der Waals surface area contributed by atoms with Crippen LogP contribution in [-0.2, 0) is 48.0 Å². The maximum atomic E-state index is 8.72. The number of unbranched alkanes of at least 4 members (excludes halogenated alkanes) is 2. The summed E-state index contributed by atoms with van der Waals surface area (Å²) in [6, 6.07) is 8.89. The summed E-state index contributed by atoms with van der Waals surface area (Å²) in [5, 5.41) is 9.61. The van der Waals surface area contributed by atoms with Gasteiger partial charge in [-0.3, -0.25) is 9.97 Å². The van der Waals surface area contributed by atoms with Gasteiger partial charge in [-0.1, -0.05) is 40.2 Å². The van der Waals surface area contributed by atoms with Crippen LogP contribution >= 0.6 is 15.9 Å². The largest absolute Gasteiger partial charge is 1.00 e. The van der Waals surface area contributed by atoms with Gasteiger partial charge in [-0.2, -0.15) is 0 Å². The number of aromatic nitrogens is 2. The van der Waals surface area contributed by atoms with Gasteiger partial charge in [-0.05, 0) is 126 Å². The number of nitrogens with zero attached hydrogens (tertiary/aromatic N) is 2. The molecule has 1 N–H and O–H groups in total. The molecule has 0 radical (unpaired) electrons. The number of aryl methyl sites for hydroxylation is 6. The molecule has 2 aromatic rings. The first-order valence-corrected chi connectivity index (χ1v) is 17.3. The standard InChI is InChI=1S/C16H23NO.C13H19NO.C4H8O.C3H5Br.Na.H/c1-2-12-18-13-6-5-8-15-11-10-14-7-3-4-9-16(14)17-15;15-10-4-3-6-12-9-8-11-5-1-2-7-13(11)14-12;1-2-4-5-3-1;1-2-3-4;;/h2,10-11H,1,3-9,12-13H2;8-9,15H,1-7,10H2;1-4H2;2H,1,3H2;;/q;;;;+1;-1. The minimum absolute atomic E-state index is 0. The third-order valence-corrected chi connectivity index (χ3v) is 7.91. The molecular formula is C36H56BrN2NaO3. The number of hydrogen-bond acceptors (Lipinski definition) is 5. The smallest absolute Gasteiger partial charge is 1.00 e. The van der Waals surface area contributed by atoms with Gasteiger partial charge in [0.05, 0.1) is 6.61 Å². The number of alkyl halides is 1. The molecule has 0 amide bonds. The quantitative estimate of drug-likeness (QED) is 0.145. The summed E-state index contributed by atoms with van der Waals surface area (Å²) in [4.78, 5) is 9.49. The van der Waals surface area contributed by atoms with Gasteiger partial charge < -0.3 is 16.0 Å². The van der Waals surface area contributed by atoms with Crippen LogP contribution in [0.3, 0.4) is 0 Å². The van der Waals surface area contributed by atoms with E-state index in [-0.39, 0.29) is 31.0 Å². The van der Waals surface area contributed by atoms with Crippen molar-refractivity contribution in [3.63, 3.8) is 0 Å². The fraction of sp³-hybridized carbons (Fsp3) is 0.611. The van der Waals surface area contributed by atoms with E-state index in [2.05, 4.69) is 53.4 Å². The van der Waals surface area contributed by atoms with Gasteiger partial charge in [-0.25, -0.2) is 0 Å². The number of hydrogen-bond donors (Lipinski definition) is 1. The van der Waals surface area contributed by atoms with Crippen LogP contribution in [0.4, 0.5) is 0 Å². The molecule has 2 aliphatic carbocycles. The Hall–Kier alpha value is -0.860. The topological polar surface area (TPSA) is 64.5 Å². The molecule has 3 aliphatic rings. The van der Waals surface area contributed by atoms with Crippen molar-refractivity contribution in [2.45, 2.75) is 103 Å². The molecule has 1 saturated heterocycles. The van der Waals surface area contributed by atoms with E-state index < -0.39 is 0 Å². The van der Waals surface area contributed by atoms with Crippen molar-refractivity contribution in [3.8, 4) is 0 Å². The Labute approximate surface area is 294 Å². The Balaban J connectivity index is 0.000000639. The Kier molecular flexibility index (Phi) is 25.6. The zero-order chi connectivity index (χ0) is 30.1.